The largest absolute Gasteiger partial charge is 0.350 e. The first kappa shape index (κ1) is 19.9. The average molecular weight is 441 g/mol. The fourth-order valence-corrected chi connectivity index (χ4v) is 4.58. The lowest BCUT2D eigenvalue weighted by molar-refractivity contribution is -0.122. The normalized spacial score (nSPS) is 15.7. The van der Waals surface area contributed by atoms with E-state index in [1.165, 1.54) is 11.3 Å². The van der Waals surface area contributed by atoms with E-state index in [0.717, 1.165) is 22.2 Å². The lowest BCUT2D eigenvalue weighted by atomic mass is 10.2. The van der Waals surface area contributed by atoms with Crippen molar-refractivity contribution in [3.63, 3.8) is 0 Å². The average Bonchev–Trinajstić information content (AvgIpc) is 3.15. The first-order valence-corrected chi connectivity index (χ1v) is 10.3. The molecule has 1 aliphatic heterocycles. The molecule has 0 unspecified atom stereocenters. The minimum atomic E-state index is -0.405. The van der Waals surface area contributed by atoms with Crippen LogP contribution in [0.2, 0.25) is 10.0 Å². The summed E-state index contributed by atoms with van der Waals surface area (Å²) in [4.78, 5) is 38.8. The number of nitrogens with one attached hydrogen (secondary N) is 1. The van der Waals surface area contributed by atoms with Crippen LogP contribution in [0.4, 0.5) is 4.79 Å². The molecule has 0 aliphatic carbocycles. The number of hydrogen-bond donors (Lipinski definition) is 1. The third kappa shape index (κ3) is 4.55. The van der Waals surface area contributed by atoms with Crippen molar-refractivity contribution < 1.29 is 14.4 Å². The van der Waals surface area contributed by atoms with Crippen LogP contribution in [-0.2, 0) is 4.79 Å². The molecular weight excluding hydrogens is 427 g/mol. The highest BCUT2D eigenvalue weighted by Gasteiger charge is 2.34. The highest BCUT2D eigenvalue weighted by atomic mass is 35.5. The van der Waals surface area contributed by atoms with E-state index in [9.17, 15) is 14.4 Å². The number of nitrogens with zero attached hydrogens (tertiary/aromatic N) is 1. The molecule has 1 aromatic carbocycles. The second-order valence-electron chi connectivity index (χ2n) is 5.69. The second-order valence-corrected chi connectivity index (χ2v) is 8.44. The van der Waals surface area contributed by atoms with Crippen molar-refractivity contribution in [1.29, 1.82) is 0 Å². The first-order chi connectivity index (χ1) is 12.9. The zero-order chi connectivity index (χ0) is 19.6. The number of carbonyl (C=O) groups excluding carboxylic acids is 3. The van der Waals surface area contributed by atoms with Crippen LogP contribution in [-0.4, -0.2) is 35.0 Å². The van der Waals surface area contributed by atoms with Gasteiger partial charge in [-0.3, -0.25) is 19.3 Å². The Kier molecular flexibility index (Phi) is 6.26. The Balaban J connectivity index is 1.63. The van der Waals surface area contributed by atoms with Crippen molar-refractivity contribution >= 4 is 69.4 Å². The van der Waals surface area contributed by atoms with Gasteiger partial charge < -0.3 is 5.32 Å². The number of imide groups is 1. The van der Waals surface area contributed by atoms with Gasteiger partial charge in [0.25, 0.3) is 17.1 Å². The Morgan fingerprint density at radius 2 is 2.04 bits per heavy atom. The van der Waals surface area contributed by atoms with Gasteiger partial charge >= 0.3 is 0 Å². The Morgan fingerprint density at radius 3 is 2.70 bits per heavy atom. The molecule has 1 N–H and O–H groups in total. The van der Waals surface area contributed by atoms with Gasteiger partial charge in [0.2, 0.25) is 0 Å². The van der Waals surface area contributed by atoms with E-state index < -0.39 is 5.91 Å². The Hall–Kier alpha value is -1.80. The molecule has 9 heteroatoms. The second kappa shape index (κ2) is 8.48. The highest BCUT2D eigenvalue weighted by molar-refractivity contribution is 8.18. The maximum absolute atomic E-state index is 12.5. The number of amides is 3. The van der Waals surface area contributed by atoms with Crippen molar-refractivity contribution in [2.75, 3.05) is 13.1 Å². The molecule has 2 aromatic rings. The highest BCUT2D eigenvalue weighted by Crippen LogP contribution is 2.33. The van der Waals surface area contributed by atoms with E-state index in [4.69, 9.17) is 23.2 Å². The first-order valence-electron chi connectivity index (χ1n) is 7.89. The van der Waals surface area contributed by atoms with Gasteiger partial charge in [-0.25, -0.2) is 0 Å². The number of aryl methyl sites for hydroxylation is 1. The molecule has 1 fully saturated rings. The van der Waals surface area contributed by atoms with Crippen molar-refractivity contribution in [1.82, 2.24) is 10.2 Å². The number of carbonyl (C=O) groups is 3. The van der Waals surface area contributed by atoms with Crippen LogP contribution in [0.25, 0.3) is 6.08 Å². The van der Waals surface area contributed by atoms with Crippen LogP contribution in [0, 0.1) is 6.92 Å². The summed E-state index contributed by atoms with van der Waals surface area (Å²) in [5, 5.41) is 5.08. The Bertz CT molecular complexity index is 956. The topological polar surface area (TPSA) is 66.5 Å². The van der Waals surface area contributed by atoms with Crippen LogP contribution in [0.1, 0.15) is 20.8 Å². The molecular formula is C18H14Cl2N2O3S2. The van der Waals surface area contributed by atoms with Gasteiger partial charge in [-0.2, -0.15) is 0 Å². The van der Waals surface area contributed by atoms with Crippen molar-refractivity contribution in [3.05, 3.63) is 60.6 Å². The summed E-state index contributed by atoms with van der Waals surface area (Å²) in [5.74, 6) is -0.615. The van der Waals surface area contributed by atoms with Gasteiger partial charge in [-0.1, -0.05) is 29.3 Å². The quantitative estimate of drug-likeness (QED) is 0.675. The Morgan fingerprint density at radius 1 is 1.26 bits per heavy atom. The van der Waals surface area contributed by atoms with Gasteiger partial charge in [0, 0.05) is 23.1 Å². The molecule has 2 heterocycles. The predicted octanol–water partition coefficient (Wildman–Crippen LogP) is 4.83. The van der Waals surface area contributed by atoms with Crippen molar-refractivity contribution in [2.45, 2.75) is 6.92 Å². The smallest absolute Gasteiger partial charge is 0.293 e. The van der Waals surface area contributed by atoms with E-state index in [0.29, 0.717) is 20.5 Å². The Labute approximate surface area is 174 Å². The molecule has 1 saturated heterocycles. The summed E-state index contributed by atoms with van der Waals surface area (Å²) in [6.07, 6.45) is 1.57. The lowest BCUT2D eigenvalue weighted by Gasteiger charge is -2.12. The molecule has 5 nitrogen and oxygen atoms in total. The van der Waals surface area contributed by atoms with Crippen LogP contribution in [0.3, 0.4) is 0 Å². The van der Waals surface area contributed by atoms with Gasteiger partial charge in [0.15, 0.2) is 0 Å². The molecule has 0 saturated carbocycles. The zero-order valence-corrected chi connectivity index (χ0v) is 17.3. The number of halogens is 2. The molecule has 140 valence electrons. The summed E-state index contributed by atoms with van der Waals surface area (Å²) < 4.78 is 0. The van der Waals surface area contributed by atoms with E-state index in [-0.39, 0.29) is 29.1 Å². The molecule has 1 aliphatic rings. The molecule has 1 aromatic heterocycles. The number of thioether (sulfide) groups is 1. The molecule has 0 radical (unpaired) electrons. The van der Waals surface area contributed by atoms with E-state index in [1.54, 1.807) is 24.3 Å². The summed E-state index contributed by atoms with van der Waals surface area (Å²) in [6, 6.07) is 6.78. The van der Waals surface area contributed by atoms with Crippen LogP contribution in [0.15, 0.2) is 34.6 Å². The minimum absolute atomic E-state index is 0.104. The van der Waals surface area contributed by atoms with E-state index >= 15 is 0 Å². The fourth-order valence-electron chi connectivity index (χ4n) is 2.42. The van der Waals surface area contributed by atoms with Gasteiger partial charge in [0.05, 0.1) is 9.78 Å². The standard InChI is InChI=1S/C18H14Cl2N2O3S2/c1-10-4-7-26-15(10)16(23)21-5-6-22-17(24)14(27-18(22)25)8-11-2-3-12(19)9-13(11)20/h2-4,7-9H,5-6H2,1H3,(H,21,23)/b14-8-. The van der Waals surface area contributed by atoms with Gasteiger partial charge in [-0.15, -0.1) is 11.3 Å². The molecule has 0 bridgehead atoms. The molecule has 27 heavy (non-hydrogen) atoms. The summed E-state index contributed by atoms with van der Waals surface area (Å²) in [6.45, 7) is 2.14. The molecule has 3 rings (SSSR count). The third-order valence-corrected chi connectivity index (χ3v) is 6.30. The molecule has 0 spiro atoms. The maximum Gasteiger partial charge on any atom is 0.293 e. The maximum atomic E-state index is 12.5. The summed E-state index contributed by atoms with van der Waals surface area (Å²) >= 11 is 14.2. The number of rotatable bonds is 5. The third-order valence-electron chi connectivity index (χ3n) is 3.81. The molecule has 3 amide bonds. The van der Waals surface area contributed by atoms with Gasteiger partial charge in [0.1, 0.15) is 0 Å². The minimum Gasteiger partial charge on any atom is -0.350 e. The summed E-state index contributed by atoms with van der Waals surface area (Å²) in [5.41, 5.74) is 1.50. The molecule has 0 atom stereocenters. The monoisotopic (exact) mass is 440 g/mol. The number of hydrogen-bond acceptors (Lipinski definition) is 5. The van der Waals surface area contributed by atoms with Crippen LogP contribution < -0.4 is 5.32 Å². The zero-order valence-electron chi connectivity index (χ0n) is 14.1. The van der Waals surface area contributed by atoms with Gasteiger partial charge in [-0.05, 0) is 59.5 Å². The van der Waals surface area contributed by atoms with E-state index in [1.807, 2.05) is 18.4 Å². The summed E-state index contributed by atoms with van der Waals surface area (Å²) in [7, 11) is 0. The van der Waals surface area contributed by atoms with Crippen molar-refractivity contribution in [2.24, 2.45) is 0 Å². The van der Waals surface area contributed by atoms with E-state index in [2.05, 4.69) is 5.32 Å². The fraction of sp³-hybridized carbons (Fsp3) is 0.167. The number of benzene rings is 1. The predicted molar refractivity (Wildman–Crippen MR) is 111 cm³/mol. The van der Waals surface area contributed by atoms with Crippen LogP contribution in [0.5, 0.6) is 0 Å². The van der Waals surface area contributed by atoms with Crippen LogP contribution >= 0.6 is 46.3 Å². The van der Waals surface area contributed by atoms with Crippen molar-refractivity contribution in [3.8, 4) is 0 Å². The number of thiophene rings is 1. The SMILES string of the molecule is Cc1ccsc1C(=O)NCCN1C(=O)S/C(=C\c2ccc(Cl)cc2Cl)C1=O. The lowest BCUT2D eigenvalue weighted by Crippen LogP contribution is -2.37.